The van der Waals surface area contributed by atoms with Gasteiger partial charge in [-0.25, -0.2) is 12.8 Å². The molecule has 2 amide bonds. The van der Waals surface area contributed by atoms with Crippen molar-refractivity contribution in [1.82, 2.24) is 10.2 Å². The van der Waals surface area contributed by atoms with E-state index in [2.05, 4.69) is 5.32 Å². The van der Waals surface area contributed by atoms with Crippen LogP contribution in [0.5, 0.6) is 0 Å². The summed E-state index contributed by atoms with van der Waals surface area (Å²) in [6, 6.07) is 11.3. The lowest BCUT2D eigenvalue weighted by atomic mass is 10.1. The van der Waals surface area contributed by atoms with Crippen molar-refractivity contribution in [2.24, 2.45) is 0 Å². The first-order valence-corrected chi connectivity index (χ1v) is 13.3. The summed E-state index contributed by atoms with van der Waals surface area (Å²) in [5, 5.41) is 3.37. The van der Waals surface area contributed by atoms with E-state index in [1.165, 1.54) is 23.1 Å². The van der Waals surface area contributed by atoms with Crippen molar-refractivity contribution in [2.45, 2.75) is 45.7 Å². The first-order chi connectivity index (χ1) is 16.1. The van der Waals surface area contributed by atoms with Crippen molar-refractivity contribution >= 4 is 39.1 Å². The van der Waals surface area contributed by atoms with Crippen molar-refractivity contribution in [1.29, 1.82) is 0 Å². The summed E-state index contributed by atoms with van der Waals surface area (Å²) in [7, 11) is -3.99. The van der Waals surface area contributed by atoms with Crippen LogP contribution >= 0.6 is 11.6 Å². The first-order valence-electron chi connectivity index (χ1n) is 11.1. The third kappa shape index (κ3) is 7.70. The second kappa shape index (κ2) is 12.7. The third-order valence-corrected chi connectivity index (χ3v) is 6.66. The van der Waals surface area contributed by atoms with Crippen LogP contribution in [0.25, 0.3) is 0 Å². The van der Waals surface area contributed by atoms with Crippen LogP contribution < -0.4 is 9.62 Å². The Labute approximate surface area is 205 Å². The summed E-state index contributed by atoms with van der Waals surface area (Å²) in [5.74, 6) is -1.72. The van der Waals surface area contributed by atoms with E-state index < -0.39 is 34.3 Å². The molecule has 0 saturated heterocycles. The highest BCUT2D eigenvalue weighted by Crippen LogP contribution is 2.23. The quantitative estimate of drug-likeness (QED) is 0.437. The smallest absolute Gasteiger partial charge is 0.244 e. The topological polar surface area (TPSA) is 86.8 Å². The molecule has 7 nitrogen and oxygen atoms in total. The molecule has 0 bridgehead atoms. The van der Waals surface area contributed by atoms with Gasteiger partial charge in [-0.3, -0.25) is 13.9 Å². The van der Waals surface area contributed by atoms with Crippen molar-refractivity contribution in [2.75, 3.05) is 23.7 Å². The lowest BCUT2D eigenvalue weighted by molar-refractivity contribution is -0.140. The molecule has 0 aliphatic rings. The molecular weight excluding hydrogens is 481 g/mol. The number of carbonyl (C=O) groups is 2. The zero-order valence-electron chi connectivity index (χ0n) is 19.6. The Bertz CT molecular complexity index is 1080. The molecule has 0 aliphatic carbocycles. The molecule has 0 aromatic heterocycles. The highest BCUT2D eigenvalue weighted by molar-refractivity contribution is 7.92. The Morgan fingerprint density at radius 2 is 1.74 bits per heavy atom. The Balaban J connectivity index is 2.40. The van der Waals surface area contributed by atoms with Gasteiger partial charge in [-0.2, -0.15) is 0 Å². The number of benzene rings is 2. The van der Waals surface area contributed by atoms with E-state index in [-0.39, 0.29) is 18.1 Å². The molecule has 0 heterocycles. The number of carbonyl (C=O) groups excluding carboxylic acids is 2. The van der Waals surface area contributed by atoms with E-state index in [0.717, 1.165) is 29.5 Å². The van der Waals surface area contributed by atoms with Crippen LogP contribution in [0.1, 0.15) is 38.7 Å². The highest BCUT2D eigenvalue weighted by Gasteiger charge is 2.32. The van der Waals surface area contributed by atoms with E-state index in [1.807, 2.05) is 6.92 Å². The molecular formula is C24H31ClFN3O4S. The fourth-order valence-corrected chi connectivity index (χ4v) is 4.44. The summed E-state index contributed by atoms with van der Waals surface area (Å²) < 4.78 is 40.1. The molecule has 1 N–H and O–H groups in total. The van der Waals surface area contributed by atoms with Gasteiger partial charge in [-0.15, -0.1) is 0 Å². The fraction of sp³-hybridized carbons (Fsp3) is 0.417. The van der Waals surface area contributed by atoms with Gasteiger partial charge in [-0.1, -0.05) is 56.1 Å². The summed E-state index contributed by atoms with van der Waals surface area (Å²) in [6.45, 7) is 3.66. The Morgan fingerprint density at radius 1 is 1.09 bits per heavy atom. The van der Waals surface area contributed by atoms with E-state index in [0.29, 0.717) is 23.6 Å². The van der Waals surface area contributed by atoms with Gasteiger partial charge in [0.2, 0.25) is 21.8 Å². The maximum Gasteiger partial charge on any atom is 0.244 e. The van der Waals surface area contributed by atoms with Crippen molar-refractivity contribution in [3.05, 3.63) is 64.9 Å². The van der Waals surface area contributed by atoms with Crippen LogP contribution in [0.3, 0.4) is 0 Å². The van der Waals surface area contributed by atoms with Crippen LogP contribution in [0.4, 0.5) is 10.1 Å². The normalized spacial score (nSPS) is 12.1. The van der Waals surface area contributed by atoms with Crippen LogP contribution in [0.2, 0.25) is 5.02 Å². The molecule has 186 valence electrons. The molecule has 1 atom stereocenters. The van der Waals surface area contributed by atoms with Crippen LogP contribution in [0, 0.1) is 5.82 Å². The largest absolute Gasteiger partial charge is 0.354 e. The van der Waals surface area contributed by atoms with Gasteiger partial charge < -0.3 is 10.2 Å². The molecule has 34 heavy (non-hydrogen) atoms. The minimum Gasteiger partial charge on any atom is -0.354 e. The SMILES string of the molecule is CCCCNC(=O)C(CC)N(Cc1ccc(Cl)cc1)C(=O)CN(c1ccccc1F)S(C)(=O)=O. The number of sulfonamides is 1. The van der Waals surface area contributed by atoms with Gasteiger partial charge in [0.15, 0.2) is 0 Å². The van der Waals surface area contributed by atoms with Crippen molar-refractivity contribution in [3.63, 3.8) is 0 Å². The average molecular weight is 512 g/mol. The van der Waals surface area contributed by atoms with Gasteiger partial charge in [0.25, 0.3) is 0 Å². The zero-order chi connectivity index (χ0) is 25.3. The number of halogens is 2. The number of anilines is 1. The summed E-state index contributed by atoms with van der Waals surface area (Å²) in [4.78, 5) is 27.7. The monoisotopic (exact) mass is 511 g/mol. The maximum atomic E-state index is 14.4. The molecule has 0 saturated carbocycles. The minimum atomic E-state index is -3.99. The van der Waals surface area contributed by atoms with E-state index in [9.17, 15) is 22.4 Å². The second-order valence-electron chi connectivity index (χ2n) is 7.94. The molecule has 10 heteroatoms. The van der Waals surface area contributed by atoms with Gasteiger partial charge in [0, 0.05) is 18.1 Å². The van der Waals surface area contributed by atoms with Gasteiger partial charge in [0.1, 0.15) is 18.4 Å². The van der Waals surface area contributed by atoms with Crippen molar-refractivity contribution < 1.29 is 22.4 Å². The second-order valence-corrected chi connectivity index (χ2v) is 10.3. The van der Waals surface area contributed by atoms with E-state index >= 15 is 0 Å². The standard InChI is InChI=1S/C24H31ClFN3O4S/c1-4-6-15-27-24(31)21(5-2)28(16-18-11-13-19(25)14-12-18)23(30)17-29(34(3,32)33)22-10-8-7-9-20(22)26/h7-14,21H,4-6,15-17H2,1-3H3,(H,27,31). The predicted octanol–water partition coefficient (Wildman–Crippen LogP) is 3.97. The number of rotatable bonds is 12. The first kappa shape index (κ1) is 27.6. The van der Waals surface area contributed by atoms with E-state index in [4.69, 9.17) is 11.6 Å². The zero-order valence-corrected chi connectivity index (χ0v) is 21.2. The lowest BCUT2D eigenvalue weighted by Crippen LogP contribution is -2.52. The summed E-state index contributed by atoms with van der Waals surface area (Å²) in [5.41, 5.74) is 0.486. The average Bonchev–Trinajstić information content (AvgIpc) is 2.78. The number of unbranched alkanes of at least 4 members (excludes halogenated alkanes) is 1. The molecule has 2 aromatic carbocycles. The van der Waals surface area contributed by atoms with Crippen LogP contribution in [-0.4, -0.2) is 50.5 Å². The number of para-hydroxylation sites is 1. The molecule has 0 fully saturated rings. The minimum absolute atomic E-state index is 0.0601. The Hall–Kier alpha value is -2.65. The van der Waals surface area contributed by atoms with Gasteiger partial charge >= 0.3 is 0 Å². The van der Waals surface area contributed by atoms with Gasteiger partial charge in [0.05, 0.1) is 11.9 Å². The fourth-order valence-electron chi connectivity index (χ4n) is 3.46. The number of nitrogens with zero attached hydrogens (tertiary/aromatic N) is 2. The number of hydrogen-bond acceptors (Lipinski definition) is 4. The van der Waals surface area contributed by atoms with Gasteiger partial charge in [-0.05, 0) is 42.7 Å². The summed E-state index contributed by atoms with van der Waals surface area (Å²) >= 11 is 5.97. The number of hydrogen-bond donors (Lipinski definition) is 1. The Morgan fingerprint density at radius 3 is 2.29 bits per heavy atom. The maximum absolute atomic E-state index is 14.4. The summed E-state index contributed by atoms with van der Waals surface area (Å²) in [6.07, 6.45) is 2.92. The number of amides is 2. The van der Waals surface area contributed by atoms with E-state index in [1.54, 1.807) is 31.2 Å². The van der Waals surface area contributed by atoms with Crippen molar-refractivity contribution in [3.8, 4) is 0 Å². The Kier molecular flexibility index (Phi) is 10.3. The molecule has 2 rings (SSSR count). The third-order valence-electron chi connectivity index (χ3n) is 5.28. The molecule has 2 aromatic rings. The van der Waals surface area contributed by atoms with Crippen LogP contribution in [0.15, 0.2) is 48.5 Å². The highest BCUT2D eigenvalue weighted by atomic mass is 35.5. The molecule has 0 aliphatic heterocycles. The molecule has 1 unspecified atom stereocenters. The molecule has 0 radical (unpaired) electrons. The predicted molar refractivity (Wildman–Crippen MR) is 133 cm³/mol. The molecule has 0 spiro atoms. The lowest BCUT2D eigenvalue weighted by Gasteiger charge is -2.33. The number of nitrogens with one attached hydrogen (secondary N) is 1. The van der Waals surface area contributed by atoms with Crippen LogP contribution in [-0.2, 0) is 26.2 Å².